The number of nitrogens with one attached hydrogen (secondary N) is 2. The molecule has 1 saturated heterocycles. The summed E-state index contributed by atoms with van der Waals surface area (Å²) in [5.41, 5.74) is 0.229. The predicted octanol–water partition coefficient (Wildman–Crippen LogP) is 1.98. The zero-order valence-electron chi connectivity index (χ0n) is 17.4. The molecular formula is C21H26N2O6S. The number of alkyl carbamates (subject to hydrolysis) is 1. The number of imide groups is 1. The van der Waals surface area contributed by atoms with Crippen molar-refractivity contribution in [2.24, 2.45) is 5.92 Å². The van der Waals surface area contributed by atoms with E-state index >= 15 is 0 Å². The zero-order chi connectivity index (χ0) is 22.1. The Labute approximate surface area is 179 Å². The van der Waals surface area contributed by atoms with Crippen LogP contribution in [0, 0.1) is 5.92 Å². The molecule has 2 aliphatic rings. The van der Waals surface area contributed by atoms with Gasteiger partial charge in [0.15, 0.2) is 0 Å². The van der Waals surface area contributed by atoms with E-state index in [9.17, 15) is 19.2 Å². The highest BCUT2D eigenvalue weighted by atomic mass is 32.2. The third-order valence-corrected chi connectivity index (χ3v) is 7.01. The van der Waals surface area contributed by atoms with E-state index in [2.05, 4.69) is 10.6 Å². The molecule has 2 fully saturated rings. The van der Waals surface area contributed by atoms with Crippen LogP contribution < -0.4 is 10.6 Å². The number of carbonyl (C=O) groups is 4. The number of carbonyl (C=O) groups excluding carboxylic acids is 4. The number of ether oxygens (including phenoxy) is 2. The molecule has 8 nitrogen and oxygen atoms in total. The van der Waals surface area contributed by atoms with E-state index in [-0.39, 0.29) is 23.5 Å². The Balaban J connectivity index is 1.79. The summed E-state index contributed by atoms with van der Waals surface area (Å²) < 4.78 is 9.02. The summed E-state index contributed by atoms with van der Waals surface area (Å²) in [5.74, 6) is -1.88. The summed E-state index contributed by atoms with van der Waals surface area (Å²) in [6.07, 6.45) is -0.204. The number of amides is 3. The van der Waals surface area contributed by atoms with Gasteiger partial charge in [-0.25, -0.2) is 9.59 Å². The maximum atomic E-state index is 12.8. The Bertz CT molecular complexity index is 853. The molecule has 0 radical (unpaired) electrons. The molecule has 1 aromatic rings. The Morgan fingerprint density at radius 2 is 1.90 bits per heavy atom. The van der Waals surface area contributed by atoms with Crippen LogP contribution in [0.15, 0.2) is 30.3 Å². The van der Waals surface area contributed by atoms with Gasteiger partial charge in [-0.1, -0.05) is 30.3 Å². The maximum Gasteiger partial charge on any atom is 0.408 e. The van der Waals surface area contributed by atoms with E-state index in [1.54, 1.807) is 20.8 Å². The van der Waals surface area contributed by atoms with Gasteiger partial charge in [-0.15, -0.1) is 11.8 Å². The number of esters is 1. The molecule has 1 aromatic carbocycles. The number of rotatable bonds is 6. The van der Waals surface area contributed by atoms with Crippen LogP contribution in [0.5, 0.6) is 0 Å². The van der Waals surface area contributed by atoms with Gasteiger partial charge in [-0.05, 0) is 32.8 Å². The van der Waals surface area contributed by atoms with Crippen LogP contribution in [-0.4, -0.2) is 53.1 Å². The van der Waals surface area contributed by atoms with Crippen LogP contribution in [0.25, 0.3) is 0 Å². The molecule has 3 amide bonds. The first-order valence-electron chi connectivity index (χ1n) is 9.70. The fraction of sp³-hybridized carbons (Fsp3) is 0.524. The van der Waals surface area contributed by atoms with Crippen LogP contribution in [-0.2, 0) is 23.9 Å². The molecule has 0 aromatic heterocycles. The summed E-state index contributed by atoms with van der Waals surface area (Å²) in [6, 6.07) is 8.49. The first-order chi connectivity index (χ1) is 14.1. The molecule has 1 aliphatic heterocycles. The van der Waals surface area contributed by atoms with Gasteiger partial charge in [0.25, 0.3) is 0 Å². The molecule has 30 heavy (non-hydrogen) atoms. The monoisotopic (exact) mass is 434 g/mol. The molecule has 1 saturated carbocycles. The van der Waals surface area contributed by atoms with Gasteiger partial charge < -0.3 is 14.8 Å². The molecule has 2 N–H and O–H groups in total. The van der Waals surface area contributed by atoms with E-state index in [1.807, 2.05) is 30.3 Å². The fourth-order valence-electron chi connectivity index (χ4n) is 3.90. The van der Waals surface area contributed by atoms with Crippen molar-refractivity contribution in [3.8, 4) is 0 Å². The largest absolute Gasteiger partial charge is 0.467 e. The maximum absolute atomic E-state index is 12.8. The average molecular weight is 435 g/mol. The van der Waals surface area contributed by atoms with E-state index in [0.29, 0.717) is 6.42 Å². The van der Waals surface area contributed by atoms with Crippen molar-refractivity contribution in [2.75, 3.05) is 12.9 Å². The second kappa shape index (κ2) is 8.29. The van der Waals surface area contributed by atoms with Crippen LogP contribution in [0.3, 0.4) is 0 Å². The summed E-state index contributed by atoms with van der Waals surface area (Å²) in [5, 5.41) is 4.94. The third kappa shape index (κ3) is 4.16. The first kappa shape index (κ1) is 22.1. The van der Waals surface area contributed by atoms with Gasteiger partial charge in [0.2, 0.25) is 11.8 Å². The predicted molar refractivity (Wildman–Crippen MR) is 111 cm³/mol. The second-order valence-electron chi connectivity index (χ2n) is 8.40. The molecule has 1 aliphatic carbocycles. The molecule has 9 heteroatoms. The highest BCUT2D eigenvalue weighted by molar-refractivity contribution is 8.01. The molecule has 0 bridgehead atoms. The third-order valence-electron chi connectivity index (χ3n) is 5.28. The highest BCUT2D eigenvalue weighted by Crippen LogP contribution is 2.60. The summed E-state index contributed by atoms with van der Waals surface area (Å²) in [4.78, 5) is 49.5. The topological polar surface area (TPSA) is 111 Å². The van der Waals surface area contributed by atoms with Crippen molar-refractivity contribution < 1.29 is 28.7 Å². The van der Waals surface area contributed by atoms with Crippen LogP contribution >= 0.6 is 11.8 Å². The Kier molecular flexibility index (Phi) is 6.12. The Morgan fingerprint density at radius 1 is 1.23 bits per heavy atom. The van der Waals surface area contributed by atoms with Crippen molar-refractivity contribution in [1.29, 1.82) is 0 Å². The van der Waals surface area contributed by atoms with Gasteiger partial charge in [0, 0.05) is 11.7 Å². The highest BCUT2D eigenvalue weighted by Gasteiger charge is 2.68. The van der Waals surface area contributed by atoms with Crippen molar-refractivity contribution in [1.82, 2.24) is 10.6 Å². The van der Waals surface area contributed by atoms with Gasteiger partial charge in [-0.2, -0.15) is 0 Å². The van der Waals surface area contributed by atoms with Crippen molar-refractivity contribution in [3.63, 3.8) is 0 Å². The second-order valence-corrected chi connectivity index (χ2v) is 9.69. The molecule has 3 rings (SSSR count). The number of fused-ring (bicyclic) bond motifs is 1. The summed E-state index contributed by atoms with van der Waals surface area (Å²) in [6.45, 7) is 5.14. The fourth-order valence-corrected chi connectivity index (χ4v) is 5.58. The molecular weight excluding hydrogens is 408 g/mol. The van der Waals surface area contributed by atoms with Crippen molar-refractivity contribution >= 4 is 35.6 Å². The normalized spacial score (nSPS) is 26.1. The van der Waals surface area contributed by atoms with E-state index < -0.39 is 34.4 Å². The van der Waals surface area contributed by atoms with Gasteiger partial charge in [0.1, 0.15) is 16.4 Å². The minimum absolute atomic E-state index is 0.0620. The summed E-state index contributed by atoms with van der Waals surface area (Å²) in [7, 11) is 1.22. The standard InChI is InChI=1S/C21H26N2O6S/c1-20(2,3)29-19(27)22-15(17(25)28-4)11-30-21-13(12-8-6-5-7-9-12)10-14(21)16(24)23-18(21)26/h5-9,13-15H,10-11H2,1-4H3,(H,22,27)(H,23,24,26)/t13?,14-,15+,21+/m1/s1. The quantitative estimate of drug-likeness (QED) is 0.520. The molecule has 1 heterocycles. The minimum atomic E-state index is -1.02. The lowest BCUT2D eigenvalue weighted by Crippen LogP contribution is -2.56. The smallest absolute Gasteiger partial charge is 0.408 e. The Hall–Kier alpha value is -2.55. The van der Waals surface area contributed by atoms with Crippen LogP contribution in [0.1, 0.15) is 38.7 Å². The van der Waals surface area contributed by atoms with Gasteiger partial charge in [0.05, 0.1) is 13.0 Å². The summed E-state index contributed by atoms with van der Waals surface area (Å²) >= 11 is 1.20. The molecule has 162 valence electrons. The lowest BCUT2D eigenvalue weighted by molar-refractivity contribution is -0.142. The van der Waals surface area contributed by atoms with Crippen LogP contribution in [0.2, 0.25) is 0 Å². The average Bonchev–Trinajstić information content (AvgIpc) is 2.82. The minimum Gasteiger partial charge on any atom is -0.467 e. The number of methoxy groups -OCH3 is 1. The van der Waals surface area contributed by atoms with E-state index in [4.69, 9.17) is 9.47 Å². The molecule has 0 spiro atoms. The van der Waals surface area contributed by atoms with E-state index in [0.717, 1.165) is 5.56 Å². The van der Waals surface area contributed by atoms with Crippen molar-refractivity contribution in [2.45, 2.75) is 49.5 Å². The number of hydrogen-bond donors (Lipinski definition) is 2. The van der Waals surface area contributed by atoms with Crippen molar-refractivity contribution in [3.05, 3.63) is 35.9 Å². The lowest BCUT2D eigenvalue weighted by Gasteiger charge is -2.48. The zero-order valence-corrected chi connectivity index (χ0v) is 18.2. The number of benzene rings is 1. The Morgan fingerprint density at radius 3 is 2.47 bits per heavy atom. The first-order valence-corrected chi connectivity index (χ1v) is 10.7. The number of hydrogen-bond acceptors (Lipinski definition) is 7. The van der Waals surface area contributed by atoms with Gasteiger partial charge in [-0.3, -0.25) is 14.9 Å². The molecule has 4 atom stereocenters. The number of thioether (sulfide) groups is 1. The molecule has 1 unspecified atom stereocenters. The van der Waals surface area contributed by atoms with Gasteiger partial charge >= 0.3 is 12.1 Å². The van der Waals surface area contributed by atoms with Crippen LogP contribution in [0.4, 0.5) is 4.79 Å². The lowest BCUT2D eigenvalue weighted by atomic mass is 9.62. The SMILES string of the molecule is COC(=O)[C@H](CS[C@]12C(=O)NC(=O)[C@H]1CC2c1ccccc1)NC(=O)OC(C)(C)C. The van der Waals surface area contributed by atoms with E-state index in [1.165, 1.54) is 18.9 Å².